The lowest BCUT2D eigenvalue weighted by molar-refractivity contribution is 0.432. The third kappa shape index (κ3) is 2.93. The molecule has 4 rings (SSSR count). The molecule has 26 heavy (non-hydrogen) atoms. The van der Waals surface area contributed by atoms with Gasteiger partial charge in [-0.15, -0.1) is 0 Å². The third-order valence-corrected chi connectivity index (χ3v) is 4.89. The van der Waals surface area contributed by atoms with Gasteiger partial charge in [-0.3, -0.25) is 4.98 Å². The smallest absolute Gasteiger partial charge is 0.174 e. The summed E-state index contributed by atoms with van der Waals surface area (Å²) in [4.78, 5) is 8.70. The maximum Gasteiger partial charge on any atom is 0.174 e. The summed E-state index contributed by atoms with van der Waals surface area (Å²) in [6.45, 7) is 0. The van der Waals surface area contributed by atoms with Crippen LogP contribution in [0.4, 0.5) is 11.4 Å². The van der Waals surface area contributed by atoms with Crippen LogP contribution in [0, 0.1) is 0 Å². The summed E-state index contributed by atoms with van der Waals surface area (Å²) in [5, 5.41) is 4.09. The highest BCUT2D eigenvalue weighted by Gasteiger charge is 2.42. The summed E-state index contributed by atoms with van der Waals surface area (Å²) < 4.78 is 5.75. The van der Waals surface area contributed by atoms with Crippen molar-refractivity contribution in [3.8, 4) is 0 Å². The van der Waals surface area contributed by atoms with Gasteiger partial charge in [-0.25, -0.2) is 0 Å². The topological polar surface area (TPSA) is 44.5 Å². The zero-order valence-electron chi connectivity index (χ0n) is 14.7. The molecule has 2 atom stereocenters. The zero-order valence-corrected chi connectivity index (χ0v) is 15.5. The number of hydrogen-bond acceptors (Lipinski definition) is 4. The first-order chi connectivity index (χ1) is 12.6. The highest BCUT2D eigenvalue weighted by Crippen LogP contribution is 2.41. The van der Waals surface area contributed by atoms with Crippen LogP contribution >= 0.6 is 12.2 Å². The minimum absolute atomic E-state index is 0.0802. The lowest BCUT2D eigenvalue weighted by Gasteiger charge is -2.26. The van der Waals surface area contributed by atoms with E-state index >= 15 is 0 Å². The Morgan fingerprint density at radius 2 is 1.88 bits per heavy atom. The van der Waals surface area contributed by atoms with E-state index in [0.717, 1.165) is 22.8 Å². The number of nitrogens with one attached hydrogen (secondary N) is 1. The number of pyridine rings is 1. The van der Waals surface area contributed by atoms with E-state index in [2.05, 4.69) is 44.4 Å². The van der Waals surface area contributed by atoms with Crippen LogP contribution < -0.4 is 15.1 Å². The molecule has 0 radical (unpaired) electrons. The van der Waals surface area contributed by atoms with Crippen molar-refractivity contribution in [2.45, 2.75) is 12.1 Å². The highest BCUT2D eigenvalue weighted by atomic mass is 32.1. The minimum atomic E-state index is -0.0994. The minimum Gasteiger partial charge on any atom is -0.467 e. The molecule has 1 saturated heterocycles. The molecule has 3 aromatic rings. The van der Waals surface area contributed by atoms with Crippen molar-refractivity contribution in [2.75, 3.05) is 23.9 Å². The summed E-state index contributed by atoms with van der Waals surface area (Å²) in [5.74, 6) is 0.852. The molecule has 0 aliphatic carbocycles. The highest BCUT2D eigenvalue weighted by molar-refractivity contribution is 7.80. The molecule has 5 nitrogen and oxygen atoms in total. The maximum absolute atomic E-state index is 5.75. The van der Waals surface area contributed by atoms with Crippen LogP contribution in [0.1, 0.15) is 23.5 Å². The number of aromatic nitrogens is 1. The molecule has 0 unspecified atom stereocenters. The summed E-state index contributed by atoms with van der Waals surface area (Å²) in [6.07, 6.45) is 3.49. The Kier molecular flexibility index (Phi) is 4.34. The average molecular weight is 364 g/mol. The van der Waals surface area contributed by atoms with Gasteiger partial charge in [0.05, 0.1) is 18.0 Å². The molecular weight excluding hydrogens is 344 g/mol. The van der Waals surface area contributed by atoms with Crippen molar-refractivity contribution >= 4 is 28.7 Å². The number of rotatable bonds is 4. The van der Waals surface area contributed by atoms with Gasteiger partial charge < -0.3 is 19.5 Å². The van der Waals surface area contributed by atoms with Gasteiger partial charge in [0.2, 0.25) is 0 Å². The largest absolute Gasteiger partial charge is 0.467 e. The molecule has 3 heterocycles. The zero-order chi connectivity index (χ0) is 18.1. The Morgan fingerprint density at radius 1 is 1.08 bits per heavy atom. The molecule has 0 spiro atoms. The standard InChI is InChI=1S/C20H20N4OS/c1-23(2)14-8-10-15(11-9-14)24-19(17-7-5-13-25-17)18(22-20(24)26)16-6-3-4-12-21-16/h3-13,18-19H,1-2H3,(H,22,26)/t18-,19-/m0/s1. The lowest BCUT2D eigenvalue weighted by atomic mass is 10.0. The Balaban J connectivity index is 1.76. The van der Waals surface area contributed by atoms with E-state index in [9.17, 15) is 0 Å². The van der Waals surface area contributed by atoms with E-state index in [1.165, 1.54) is 0 Å². The Morgan fingerprint density at radius 3 is 2.50 bits per heavy atom. The van der Waals surface area contributed by atoms with Gasteiger partial charge in [-0.05, 0) is 60.7 Å². The number of benzene rings is 1. The van der Waals surface area contributed by atoms with Gasteiger partial charge >= 0.3 is 0 Å². The van der Waals surface area contributed by atoms with Crippen molar-refractivity contribution in [3.05, 3.63) is 78.5 Å². The monoisotopic (exact) mass is 364 g/mol. The number of anilines is 2. The van der Waals surface area contributed by atoms with Crippen molar-refractivity contribution < 1.29 is 4.42 Å². The fraction of sp³-hybridized carbons (Fsp3) is 0.200. The molecule has 132 valence electrons. The second kappa shape index (κ2) is 6.80. The molecule has 1 aliphatic heterocycles. The molecule has 2 aromatic heterocycles. The van der Waals surface area contributed by atoms with Crippen LogP contribution in [0.5, 0.6) is 0 Å². The van der Waals surface area contributed by atoms with Crippen molar-refractivity contribution in [3.63, 3.8) is 0 Å². The van der Waals surface area contributed by atoms with Crippen molar-refractivity contribution in [1.82, 2.24) is 10.3 Å². The molecule has 1 aromatic carbocycles. The average Bonchev–Trinajstić information content (AvgIpc) is 3.30. The molecular formula is C20H20N4OS. The summed E-state index contributed by atoms with van der Waals surface area (Å²) in [5.41, 5.74) is 3.10. The molecule has 0 bridgehead atoms. The van der Waals surface area contributed by atoms with Crippen LogP contribution in [-0.4, -0.2) is 24.2 Å². The Labute approximate surface area is 158 Å². The second-order valence-electron chi connectivity index (χ2n) is 6.42. The molecule has 1 N–H and O–H groups in total. The molecule has 6 heteroatoms. The van der Waals surface area contributed by atoms with Crippen LogP contribution in [0.2, 0.25) is 0 Å². The van der Waals surface area contributed by atoms with Crippen LogP contribution in [0.3, 0.4) is 0 Å². The SMILES string of the molecule is CN(C)c1ccc(N2C(=S)N[C@@H](c3ccccn3)[C@@H]2c2ccco2)cc1. The van der Waals surface area contributed by atoms with Gasteiger partial charge in [0.1, 0.15) is 11.8 Å². The third-order valence-electron chi connectivity index (χ3n) is 4.58. The fourth-order valence-electron chi connectivity index (χ4n) is 3.29. The maximum atomic E-state index is 5.75. The molecule has 1 fully saturated rings. The first-order valence-corrected chi connectivity index (χ1v) is 8.87. The van der Waals surface area contributed by atoms with Crippen molar-refractivity contribution in [2.24, 2.45) is 0 Å². The lowest BCUT2D eigenvalue weighted by Crippen LogP contribution is -2.29. The first-order valence-electron chi connectivity index (χ1n) is 8.46. The fourth-order valence-corrected chi connectivity index (χ4v) is 3.64. The van der Waals surface area contributed by atoms with E-state index in [4.69, 9.17) is 16.6 Å². The van der Waals surface area contributed by atoms with Crippen molar-refractivity contribution in [1.29, 1.82) is 0 Å². The van der Waals surface area contributed by atoms with Gasteiger partial charge in [0.15, 0.2) is 5.11 Å². The van der Waals surface area contributed by atoms with E-state index in [1.54, 1.807) is 12.5 Å². The van der Waals surface area contributed by atoms with Gasteiger partial charge in [-0.2, -0.15) is 0 Å². The normalized spacial score (nSPS) is 19.5. The summed E-state index contributed by atoms with van der Waals surface area (Å²) >= 11 is 5.67. The predicted molar refractivity (Wildman–Crippen MR) is 107 cm³/mol. The number of thiocarbonyl (C=S) groups is 1. The van der Waals surface area contributed by atoms with E-state index in [0.29, 0.717) is 5.11 Å². The summed E-state index contributed by atoms with van der Waals surface area (Å²) in [7, 11) is 4.06. The quantitative estimate of drug-likeness (QED) is 0.708. The Hall–Kier alpha value is -2.86. The number of furan rings is 1. The molecule has 0 saturated carbocycles. The predicted octanol–water partition coefficient (Wildman–Crippen LogP) is 3.92. The molecule has 0 amide bonds. The van der Waals surface area contributed by atoms with Gasteiger partial charge in [-0.1, -0.05) is 6.07 Å². The number of hydrogen-bond donors (Lipinski definition) is 1. The molecule has 1 aliphatic rings. The van der Waals surface area contributed by atoms with E-state index < -0.39 is 0 Å². The van der Waals surface area contributed by atoms with Crippen LogP contribution in [-0.2, 0) is 0 Å². The summed E-state index contributed by atoms with van der Waals surface area (Å²) in [6, 6.07) is 18.0. The number of nitrogens with zero attached hydrogens (tertiary/aromatic N) is 3. The van der Waals surface area contributed by atoms with Crippen LogP contribution in [0.25, 0.3) is 0 Å². The second-order valence-corrected chi connectivity index (χ2v) is 6.81. The first kappa shape index (κ1) is 16.6. The van der Waals surface area contributed by atoms with E-state index in [1.807, 2.05) is 44.4 Å². The van der Waals surface area contributed by atoms with Crippen LogP contribution in [0.15, 0.2) is 71.5 Å². The van der Waals surface area contributed by atoms with E-state index in [-0.39, 0.29) is 12.1 Å². The van der Waals surface area contributed by atoms with Gasteiger partial charge in [0.25, 0.3) is 0 Å². The Bertz CT molecular complexity index is 878. The van der Waals surface area contributed by atoms with Gasteiger partial charge in [0, 0.05) is 31.7 Å².